The van der Waals surface area contributed by atoms with Crippen molar-refractivity contribution < 1.29 is 27.2 Å². The molecule has 1 heterocycles. The summed E-state index contributed by atoms with van der Waals surface area (Å²) < 4.78 is 52.9. The summed E-state index contributed by atoms with van der Waals surface area (Å²) in [6, 6.07) is 20.8. The van der Waals surface area contributed by atoms with E-state index in [0.717, 1.165) is 16.0 Å². The maximum Gasteiger partial charge on any atom is 0.416 e. The first-order valence-electron chi connectivity index (χ1n) is 11.5. The van der Waals surface area contributed by atoms with Crippen molar-refractivity contribution in [2.45, 2.75) is 32.0 Å². The van der Waals surface area contributed by atoms with Gasteiger partial charge in [-0.15, -0.1) is 11.3 Å². The zero-order valence-corrected chi connectivity index (χ0v) is 21.2. The van der Waals surface area contributed by atoms with Crippen LogP contribution in [0, 0.1) is 5.82 Å². The van der Waals surface area contributed by atoms with Crippen LogP contribution in [0.2, 0.25) is 0 Å². The molecule has 2 amide bonds. The summed E-state index contributed by atoms with van der Waals surface area (Å²) in [6.07, 6.45) is -4.25. The van der Waals surface area contributed by atoms with Crippen molar-refractivity contribution in [2.75, 3.05) is 5.32 Å². The maximum atomic E-state index is 13.8. The topological polar surface area (TPSA) is 71.1 Å². The van der Waals surface area contributed by atoms with Gasteiger partial charge >= 0.3 is 6.18 Å². The van der Waals surface area contributed by atoms with E-state index in [4.69, 9.17) is 0 Å². The molecular weight excluding hydrogens is 518 g/mol. The third-order valence-corrected chi connectivity index (χ3v) is 6.62. The van der Waals surface area contributed by atoms with Crippen LogP contribution in [0.3, 0.4) is 0 Å². The van der Waals surface area contributed by atoms with Crippen LogP contribution in [0.25, 0.3) is 11.3 Å². The second-order valence-electron chi connectivity index (χ2n) is 9.08. The fourth-order valence-electron chi connectivity index (χ4n) is 3.68. The van der Waals surface area contributed by atoms with E-state index in [1.807, 2.05) is 60.7 Å². The Bertz CT molecular complexity index is 1450. The van der Waals surface area contributed by atoms with Crippen LogP contribution in [0.4, 0.5) is 22.7 Å². The molecular formula is C28H23F4N3O2S. The summed E-state index contributed by atoms with van der Waals surface area (Å²) in [5.41, 5.74) is -0.770. The Morgan fingerprint density at radius 2 is 1.55 bits per heavy atom. The van der Waals surface area contributed by atoms with Crippen molar-refractivity contribution >= 4 is 28.3 Å². The molecule has 0 spiro atoms. The van der Waals surface area contributed by atoms with E-state index < -0.39 is 40.5 Å². The van der Waals surface area contributed by atoms with Gasteiger partial charge in [0.25, 0.3) is 11.8 Å². The van der Waals surface area contributed by atoms with Crippen LogP contribution < -0.4 is 10.6 Å². The lowest BCUT2D eigenvalue weighted by Crippen LogP contribution is -2.52. The molecule has 5 nitrogen and oxygen atoms in total. The first-order valence-corrected chi connectivity index (χ1v) is 12.3. The number of anilines is 1. The molecule has 0 aliphatic carbocycles. The van der Waals surface area contributed by atoms with Crippen molar-refractivity contribution in [3.8, 4) is 11.3 Å². The highest BCUT2D eigenvalue weighted by Crippen LogP contribution is 2.34. The number of halogens is 4. The van der Waals surface area contributed by atoms with Gasteiger partial charge in [0.15, 0.2) is 5.13 Å². The highest BCUT2D eigenvalue weighted by molar-refractivity contribution is 7.16. The lowest BCUT2D eigenvalue weighted by molar-refractivity contribution is -0.137. The fraction of sp³-hybridized carbons (Fsp3) is 0.179. The van der Waals surface area contributed by atoms with E-state index >= 15 is 0 Å². The third kappa shape index (κ3) is 6.44. The van der Waals surface area contributed by atoms with Gasteiger partial charge in [0.2, 0.25) is 0 Å². The third-order valence-electron chi connectivity index (χ3n) is 5.65. The van der Waals surface area contributed by atoms with Gasteiger partial charge in [0, 0.05) is 22.4 Å². The number of thiazole rings is 1. The number of hydrogen-bond donors (Lipinski definition) is 2. The lowest BCUT2D eigenvalue weighted by atomic mass is 10.0. The van der Waals surface area contributed by atoms with Crippen LogP contribution in [0.15, 0.2) is 78.9 Å². The molecule has 0 saturated heterocycles. The normalized spacial score (nSPS) is 11.7. The Kier molecular flexibility index (Phi) is 7.63. The minimum atomic E-state index is -4.83. The zero-order chi connectivity index (χ0) is 27.5. The van der Waals surface area contributed by atoms with Crippen molar-refractivity contribution in [3.05, 3.63) is 106 Å². The zero-order valence-electron chi connectivity index (χ0n) is 20.4. The second kappa shape index (κ2) is 10.7. The SMILES string of the molecule is CC(C)(NC(=O)c1cc(F)cc(C(F)(F)F)c1)C(=O)Nc1nc(-c2ccccc2)c(Cc2ccccc2)s1. The molecule has 0 unspecified atom stereocenters. The number of hydrogen-bond acceptors (Lipinski definition) is 4. The largest absolute Gasteiger partial charge is 0.416 e. The van der Waals surface area contributed by atoms with Gasteiger partial charge in [0.05, 0.1) is 11.3 Å². The number of rotatable bonds is 7. The highest BCUT2D eigenvalue weighted by atomic mass is 32.1. The van der Waals surface area contributed by atoms with Gasteiger partial charge in [-0.1, -0.05) is 60.7 Å². The van der Waals surface area contributed by atoms with Crippen LogP contribution in [-0.2, 0) is 17.4 Å². The van der Waals surface area contributed by atoms with Crippen molar-refractivity contribution in [1.29, 1.82) is 0 Å². The van der Waals surface area contributed by atoms with Crippen LogP contribution in [-0.4, -0.2) is 22.3 Å². The molecule has 10 heteroatoms. The highest BCUT2D eigenvalue weighted by Gasteiger charge is 2.34. The maximum absolute atomic E-state index is 13.8. The molecule has 2 N–H and O–H groups in total. The van der Waals surface area contributed by atoms with Crippen LogP contribution in [0.5, 0.6) is 0 Å². The van der Waals surface area contributed by atoms with E-state index in [1.54, 1.807) is 0 Å². The minimum absolute atomic E-state index is 0.298. The Hall–Kier alpha value is -4.05. The number of nitrogens with one attached hydrogen (secondary N) is 2. The summed E-state index contributed by atoms with van der Waals surface area (Å²) in [5.74, 6) is -2.88. The molecule has 4 aromatic rings. The molecule has 0 atom stereocenters. The molecule has 0 saturated carbocycles. The Balaban J connectivity index is 1.55. The Morgan fingerprint density at radius 3 is 2.18 bits per heavy atom. The van der Waals surface area contributed by atoms with E-state index in [-0.39, 0.29) is 0 Å². The van der Waals surface area contributed by atoms with E-state index in [2.05, 4.69) is 15.6 Å². The van der Waals surface area contributed by atoms with Gasteiger partial charge in [-0.3, -0.25) is 14.9 Å². The monoisotopic (exact) mass is 541 g/mol. The number of alkyl halides is 3. The Labute approximate surface area is 220 Å². The lowest BCUT2D eigenvalue weighted by Gasteiger charge is -2.24. The molecule has 0 radical (unpaired) electrons. The number of carbonyl (C=O) groups excluding carboxylic acids is 2. The average molecular weight is 542 g/mol. The number of amides is 2. The Morgan fingerprint density at radius 1 is 0.921 bits per heavy atom. The average Bonchev–Trinajstić information content (AvgIpc) is 3.26. The smallest absolute Gasteiger partial charge is 0.338 e. The quantitative estimate of drug-likeness (QED) is 0.256. The molecule has 38 heavy (non-hydrogen) atoms. The molecule has 0 aliphatic rings. The van der Waals surface area contributed by atoms with E-state index in [0.29, 0.717) is 35.4 Å². The number of aromatic nitrogens is 1. The van der Waals surface area contributed by atoms with Crippen molar-refractivity contribution in [1.82, 2.24) is 10.3 Å². The van der Waals surface area contributed by atoms with Gasteiger partial charge in [-0.05, 0) is 37.6 Å². The van der Waals surface area contributed by atoms with Crippen molar-refractivity contribution in [2.24, 2.45) is 0 Å². The van der Waals surface area contributed by atoms with E-state index in [9.17, 15) is 27.2 Å². The molecule has 0 aliphatic heterocycles. The minimum Gasteiger partial charge on any atom is -0.338 e. The predicted molar refractivity (Wildman–Crippen MR) is 138 cm³/mol. The summed E-state index contributed by atoms with van der Waals surface area (Å²) in [5, 5.41) is 5.38. The number of benzene rings is 3. The molecule has 1 aromatic heterocycles. The second-order valence-corrected chi connectivity index (χ2v) is 10.2. The molecule has 3 aromatic carbocycles. The van der Waals surface area contributed by atoms with Crippen LogP contribution >= 0.6 is 11.3 Å². The molecule has 196 valence electrons. The number of nitrogens with zero attached hydrogens (tertiary/aromatic N) is 1. The number of carbonyl (C=O) groups is 2. The summed E-state index contributed by atoms with van der Waals surface area (Å²) >= 11 is 1.29. The fourth-order valence-corrected chi connectivity index (χ4v) is 4.69. The molecule has 0 fully saturated rings. The first-order chi connectivity index (χ1) is 17.9. The molecule has 4 rings (SSSR count). The van der Waals surface area contributed by atoms with Crippen molar-refractivity contribution in [3.63, 3.8) is 0 Å². The summed E-state index contributed by atoms with van der Waals surface area (Å²) in [4.78, 5) is 31.3. The van der Waals surface area contributed by atoms with Gasteiger partial charge in [-0.2, -0.15) is 13.2 Å². The summed E-state index contributed by atoms with van der Waals surface area (Å²) in [7, 11) is 0. The van der Waals surface area contributed by atoms with Crippen LogP contribution in [0.1, 0.15) is 40.2 Å². The first kappa shape index (κ1) is 27.0. The van der Waals surface area contributed by atoms with Gasteiger partial charge in [0.1, 0.15) is 11.4 Å². The standard InChI is InChI=1S/C28H23F4N3O2S/c1-27(2,35-24(36)19-14-20(28(30,31)32)16-21(29)15-19)25(37)34-26-33-23(18-11-7-4-8-12-18)22(38-26)13-17-9-5-3-6-10-17/h3-12,14-16H,13H2,1-2H3,(H,35,36)(H,33,34,37). The predicted octanol–water partition coefficient (Wildman–Crippen LogP) is 6.71. The van der Waals surface area contributed by atoms with E-state index in [1.165, 1.54) is 25.2 Å². The van der Waals surface area contributed by atoms with Gasteiger partial charge in [-0.25, -0.2) is 9.37 Å². The summed E-state index contributed by atoms with van der Waals surface area (Å²) in [6.45, 7) is 2.78. The van der Waals surface area contributed by atoms with Gasteiger partial charge < -0.3 is 5.32 Å². The molecule has 0 bridgehead atoms.